The highest BCUT2D eigenvalue weighted by Crippen LogP contribution is 2.77. The molecule has 4 aliphatic carbocycles. The van der Waals surface area contributed by atoms with Crippen LogP contribution in [0.1, 0.15) is 107 Å². The molecule has 294 valence electrons. The number of ether oxygens (including phenoxy) is 4. The maximum absolute atomic E-state index is 13.7. The summed E-state index contributed by atoms with van der Waals surface area (Å²) >= 11 is 0. The van der Waals surface area contributed by atoms with Crippen molar-refractivity contribution in [2.45, 2.75) is 165 Å². The minimum atomic E-state index is -2.06. The molecule has 0 aromatic carbocycles. The van der Waals surface area contributed by atoms with Crippen LogP contribution in [0.4, 0.5) is 0 Å². The molecule has 5 N–H and O–H groups in total. The summed E-state index contributed by atoms with van der Waals surface area (Å²) in [6.45, 7) is 15.0. The van der Waals surface area contributed by atoms with Crippen molar-refractivity contribution in [1.29, 1.82) is 0 Å². The molecule has 4 bridgehead atoms. The lowest BCUT2D eigenvalue weighted by Gasteiger charge is -2.64. The molecule has 3 aliphatic heterocycles. The van der Waals surface area contributed by atoms with Gasteiger partial charge in [0.15, 0.2) is 17.8 Å². The predicted molar refractivity (Wildman–Crippen MR) is 184 cm³/mol. The highest BCUT2D eigenvalue weighted by atomic mass is 16.7. The van der Waals surface area contributed by atoms with Crippen LogP contribution in [0.15, 0.2) is 0 Å². The van der Waals surface area contributed by atoms with E-state index in [-0.39, 0.29) is 31.7 Å². The van der Waals surface area contributed by atoms with Crippen molar-refractivity contribution in [3.63, 3.8) is 0 Å². The number of aliphatic hydroxyl groups is 5. The van der Waals surface area contributed by atoms with Gasteiger partial charge >= 0.3 is 17.9 Å². The molecule has 7 fully saturated rings. The Hall–Kier alpha value is -1.87. The smallest absolute Gasteiger partial charge is 0.338 e. The lowest BCUT2D eigenvalue weighted by molar-refractivity contribution is -0.300. The average Bonchev–Trinajstić information content (AvgIpc) is 3.34. The van der Waals surface area contributed by atoms with Gasteiger partial charge in [-0.3, -0.25) is 14.5 Å². The second kappa shape index (κ2) is 12.3. The zero-order valence-electron chi connectivity index (χ0n) is 32.0. The number of hydrogen-bond acceptors (Lipinski definition) is 13. The summed E-state index contributed by atoms with van der Waals surface area (Å²) in [5.74, 6) is -8.04. The number of fused-ring (bicyclic) bond motifs is 5. The largest absolute Gasteiger partial charge is 0.462 e. The third kappa shape index (κ3) is 5.01. The van der Waals surface area contributed by atoms with Crippen molar-refractivity contribution in [3.05, 3.63) is 0 Å². The Morgan fingerprint density at radius 1 is 1.04 bits per heavy atom. The Morgan fingerprint density at radius 3 is 2.37 bits per heavy atom. The van der Waals surface area contributed by atoms with Gasteiger partial charge in [0.1, 0.15) is 11.7 Å². The fraction of sp³-hybridized carbons (Fsp3) is 0.923. The molecule has 1 spiro atoms. The van der Waals surface area contributed by atoms with Crippen LogP contribution in [0.25, 0.3) is 0 Å². The van der Waals surface area contributed by atoms with Crippen LogP contribution < -0.4 is 0 Å². The molecular weight excluding hydrogens is 674 g/mol. The van der Waals surface area contributed by atoms with Crippen LogP contribution in [-0.4, -0.2) is 120 Å². The molecule has 0 amide bonds. The first kappa shape index (κ1) is 38.4. The SMILES string of the molecule is CC[C@@H](C)C(=O)O[C@H]1[C@H](O)[C@H]2[C@@H](CN3C[C@@H](C)CC[C@H]3C2(C)O)[C@@H]2C[C@]34O[C@]5(O)[C@@H](OC(=O)[C@@](C)(O)CC)CC[C@@]3(C)[C@@H]5C[C@@H](OC(C)=O)[C@H]4[C@@]21O. The second-order valence-electron chi connectivity index (χ2n) is 18.6. The number of piperidine rings is 2. The summed E-state index contributed by atoms with van der Waals surface area (Å²) in [4.78, 5) is 42.0. The number of hydrogen-bond donors (Lipinski definition) is 5. The van der Waals surface area contributed by atoms with Gasteiger partial charge in [-0.1, -0.05) is 34.6 Å². The molecule has 4 saturated carbocycles. The third-order valence-corrected chi connectivity index (χ3v) is 15.7. The van der Waals surface area contributed by atoms with E-state index in [1.54, 1.807) is 20.8 Å². The maximum atomic E-state index is 13.7. The maximum Gasteiger partial charge on any atom is 0.338 e. The number of esters is 3. The van der Waals surface area contributed by atoms with Gasteiger partial charge in [-0.2, -0.15) is 0 Å². The molecule has 0 radical (unpaired) electrons. The van der Waals surface area contributed by atoms with E-state index in [1.807, 2.05) is 13.8 Å². The zero-order valence-corrected chi connectivity index (χ0v) is 32.0. The van der Waals surface area contributed by atoms with Crippen LogP contribution >= 0.6 is 0 Å². The first-order chi connectivity index (χ1) is 24.1. The standard InChI is InChI=1S/C39H61NO12/c1-9-20(4)32(43)51-31-29(42)28-22(18-40-17-19(3)11-12-26(40)36(28,8)46)23-16-37-30(38(23,31)47)24(49-21(5)41)15-25-34(37,6)14-13-27(39(25,48)52-37)50-33(44)35(7,45)10-2/h19-20,22-31,42,45-48H,9-18H2,1-8H3/t19-,20+,22-,23-,24+,25-,26-,27-,28+,29+,30+,31-,34-,35-,36?,37+,38-,39-/m0/s1. The second-order valence-corrected chi connectivity index (χ2v) is 18.6. The molecule has 7 rings (SSSR count). The van der Waals surface area contributed by atoms with Gasteiger partial charge in [0.2, 0.25) is 5.79 Å². The predicted octanol–water partition coefficient (Wildman–Crippen LogP) is 2.07. The Balaban J connectivity index is 1.39. The molecule has 1 unspecified atom stereocenters. The van der Waals surface area contributed by atoms with E-state index < -0.39 is 111 Å². The number of rotatable bonds is 7. The summed E-state index contributed by atoms with van der Waals surface area (Å²) in [7, 11) is 0. The Morgan fingerprint density at radius 2 is 1.73 bits per heavy atom. The molecule has 13 heteroatoms. The molecule has 52 heavy (non-hydrogen) atoms. The quantitative estimate of drug-likeness (QED) is 0.189. The van der Waals surface area contributed by atoms with E-state index in [9.17, 15) is 39.9 Å². The van der Waals surface area contributed by atoms with Crippen LogP contribution in [0.5, 0.6) is 0 Å². The molecule has 13 nitrogen and oxygen atoms in total. The summed E-state index contributed by atoms with van der Waals surface area (Å²) in [6, 6.07) is -0.243. The molecular formula is C39H61NO12. The normalized spacial score (nSPS) is 52.2. The average molecular weight is 736 g/mol. The van der Waals surface area contributed by atoms with Crippen molar-refractivity contribution < 1.29 is 58.9 Å². The van der Waals surface area contributed by atoms with Gasteiger partial charge < -0.3 is 44.5 Å². The van der Waals surface area contributed by atoms with E-state index in [1.165, 1.54) is 13.8 Å². The van der Waals surface area contributed by atoms with Crippen LogP contribution in [0, 0.1) is 46.8 Å². The van der Waals surface area contributed by atoms with E-state index in [0.717, 1.165) is 19.4 Å². The Labute approximate surface area is 306 Å². The van der Waals surface area contributed by atoms with Gasteiger partial charge in [-0.05, 0) is 83.0 Å². The lowest BCUT2D eigenvalue weighted by atomic mass is 9.49. The molecule has 18 atom stereocenters. The van der Waals surface area contributed by atoms with Crippen molar-refractivity contribution in [2.24, 2.45) is 46.8 Å². The van der Waals surface area contributed by atoms with E-state index >= 15 is 0 Å². The van der Waals surface area contributed by atoms with E-state index in [2.05, 4.69) is 11.8 Å². The fourth-order valence-electron chi connectivity index (χ4n) is 12.8. The van der Waals surface area contributed by atoms with Crippen LogP contribution in [0.2, 0.25) is 0 Å². The number of carbonyl (C=O) groups excluding carboxylic acids is 3. The molecule has 3 saturated heterocycles. The fourth-order valence-corrected chi connectivity index (χ4v) is 12.8. The molecule has 3 heterocycles. The summed E-state index contributed by atoms with van der Waals surface area (Å²) < 4.78 is 25.2. The van der Waals surface area contributed by atoms with Crippen molar-refractivity contribution in [3.8, 4) is 0 Å². The molecule has 0 aromatic heterocycles. The van der Waals surface area contributed by atoms with E-state index in [4.69, 9.17) is 18.9 Å². The van der Waals surface area contributed by atoms with Gasteiger partial charge in [-0.15, -0.1) is 0 Å². The molecule has 0 aromatic rings. The zero-order chi connectivity index (χ0) is 38.1. The highest BCUT2D eigenvalue weighted by molar-refractivity contribution is 5.79. The number of carbonyl (C=O) groups is 3. The van der Waals surface area contributed by atoms with Crippen molar-refractivity contribution in [1.82, 2.24) is 4.90 Å². The minimum Gasteiger partial charge on any atom is -0.462 e. The van der Waals surface area contributed by atoms with Gasteiger partial charge in [0, 0.05) is 43.3 Å². The summed E-state index contributed by atoms with van der Waals surface area (Å²) in [5, 5.41) is 62.1. The minimum absolute atomic E-state index is 0.0475. The molecule has 7 aliphatic rings. The van der Waals surface area contributed by atoms with Crippen molar-refractivity contribution in [2.75, 3.05) is 13.1 Å². The lowest BCUT2D eigenvalue weighted by Crippen LogP contribution is -2.77. The van der Waals surface area contributed by atoms with Crippen LogP contribution in [-0.2, 0) is 33.3 Å². The first-order valence-electron chi connectivity index (χ1n) is 19.7. The van der Waals surface area contributed by atoms with E-state index in [0.29, 0.717) is 25.3 Å². The van der Waals surface area contributed by atoms with Crippen LogP contribution in [0.3, 0.4) is 0 Å². The third-order valence-electron chi connectivity index (χ3n) is 15.7. The Kier molecular flexibility index (Phi) is 9.10. The van der Waals surface area contributed by atoms with Gasteiger partial charge in [0.25, 0.3) is 0 Å². The monoisotopic (exact) mass is 735 g/mol. The number of aliphatic hydroxyl groups excluding tert-OH is 1. The Bertz CT molecular complexity index is 1470. The first-order valence-corrected chi connectivity index (χ1v) is 19.7. The summed E-state index contributed by atoms with van der Waals surface area (Å²) in [6.07, 6.45) is -2.10. The van der Waals surface area contributed by atoms with Gasteiger partial charge in [-0.25, -0.2) is 4.79 Å². The highest BCUT2D eigenvalue weighted by Gasteiger charge is 2.87. The summed E-state index contributed by atoms with van der Waals surface area (Å²) in [5.41, 5.74) is -7.42. The number of nitrogens with zero attached hydrogens (tertiary/aromatic N) is 1. The van der Waals surface area contributed by atoms with Gasteiger partial charge in [0.05, 0.1) is 29.1 Å². The topological polar surface area (TPSA) is 193 Å². The van der Waals surface area contributed by atoms with Crippen molar-refractivity contribution >= 4 is 17.9 Å².